The molecule has 32 heavy (non-hydrogen) atoms. The zero-order valence-corrected chi connectivity index (χ0v) is 17.7. The van der Waals surface area contributed by atoms with Gasteiger partial charge in [-0.2, -0.15) is 13.2 Å². The maximum Gasteiger partial charge on any atom is 0.434 e. The van der Waals surface area contributed by atoms with E-state index >= 15 is 0 Å². The molecule has 2 bridgehead atoms. The second-order valence-electron chi connectivity index (χ2n) is 8.87. The molecule has 3 fully saturated rings. The van der Waals surface area contributed by atoms with Crippen LogP contribution in [0.4, 0.5) is 23.4 Å². The van der Waals surface area contributed by atoms with Crippen LogP contribution in [0.3, 0.4) is 0 Å². The molecule has 0 atom stereocenters. The number of rotatable bonds is 5. The fraction of sp³-hybridized carbons (Fsp3) is 0.400. The minimum atomic E-state index is -4.71. The predicted molar refractivity (Wildman–Crippen MR) is 108 cm³/mol. The van der Waals surface area contributed by atoms with E-state index < -0.39 is 34.1 Å². The number of fused-ring (bicyclic) bond motifs is 1. The summed E-state index contributed by atoms with van der Waals surface area (Å²) in [5.74, 6) is -0.389. The van der Waals surface area contributed by atoms with Gasteiger partial charge in [0.1, 0.15) is 0 Å². The highest BCUT2D eigenvalue weighted by atomic mass is 32.2. The number of nitrogen functional groups attached to an aromatic ring is 1. The van der Waals surface area contributed by atoms with Gasteiger partial charge in [0.15, 0.2) is 17.2 Å². The van der Waals surface area contributed by atoms with Gasteiger partial charge in [0.05, 0.1) is 23.5 Å². The summed E-state index contributed by atoms with van der Waals surface area (Å²) in [5, 5.41) is 0. The van der Waals surface area contributed by atoms with Crippen molar-refractivity contribution in [3.8, 4) is 11.3 Å². The Hall–Kier alpha value is -2.73. The number of nitrogens with zero attached hydrogens (tertiary/aromatic N) is 3. The number of imidazole rings is 1. The van der Waals surface area contributed by atoms with E-state index in [0.29, 0.717) is 30.4 Å². The summed E-state index contributed by atoms with van der Waals surface area (Å²) in [4.78, 5) is 7.40. The fourth-order valence-corrected chi connectivity index (χ4v) is 6.41. The Morgan fingerprint density at radius 3 is 2.56 bits per heavy atom. The van der Waals surface area contributed by atoms with Crippen LogP contribution < -0.4 is 10.5 Å². The minimum absolute atomic E-state index is 0.0316. The summed E-state index contributed by atoms with van der Waals surface area (Å²) >= 11 is 0. The molecule has 0 radical (unpaired) electrons. The van der Waals surface area contributed by atoms with Gasteiger partial charge in [-0.25, -0.2) is 23.1 Å². The first-order valence-corrected chi connectivity index (χ1v) is 11.3. The number of aromatic nitrogens is 3. The Morgan fingerprint density at radius 2 is 1.94 bits per heavy atom. The number of anilines is 1. The van der Waals surface area contributed by atoms with Gasteiger partial charge in [0, 0.05) is 22.7 Å². The van der Waals surface area contributed by atoms with Crippen LogP contribution in [0.1, 0.15) is 30.5 Å². The smallest absolute Gasteiger partial charge is 0.381 e. The van der Waals surface area contributed by atoms with E-state index in [2.05, 4.69) is 14.7 Å². The second-order valence-corrected chi connectivity index (χ2v) is 10.6. The van der Waals surface area contributed by atoms with E-state index in [1.54, 1.807) is 13.0 Å². The molecule has 0 saturated heterocycles. The Balaban J connectivity index is 1.55. The maximum absolute atomic E-state index is 13.2. The molecular weight excluding hydrogens is 450 g/mol. The predicted octanol–water partition coefficient (Wildman–Crippen LogP) is 3.48. The molecule has 0 spiro atoms. The van der Waals surface area contributed by atoms with Crippen LogP contribution in [0.25, 0.3) is 16.9 Å². The molecule has 3 N–H and O–H groups in total. The van der Waals surface area contributed by atoms with Gasteiger partial charge in [-0.3, -0.25) is 8.79 Å². The topological polar surface area (TPSA) is 102 Å². The Labute approximate surface area is 180 Å². The first-order chi connectivity index (χ1) is 14.9. The lowest BCUT2D eigenvalue weighted by Crippen LogP contribution is -2.75. The maximum atomic E-state index is 13.2. The van der Waals surface area contributed by atoms with Crippen LogP contribution in [0.5, 0.6) is 0 Å². The number of nitrogens with two attached hydrogens (primary N) is 1. The molecular formula is C20H19F4N5O2S. The molecule has 3 saturated carbocycles. The Bertz CT molecular complexity index is 1350. The van der Waals surface area contributed by atoms with Crippen molar-refractivity contribution in [3.63, 3.8) is 0 Å². The standard InChI is InChI=1S/C20H19F4N5O2S/c1-11-2-3-12(32(30,31)28-19-7-18(8-19,9-19)10-21)4-13(11)14-5-26-17-16(25)27-15(6-29(14)17)20(22,23)24/h2-6,28H,7-10H2,1H3,(H2,25,27). The van der Waals surface area contributed by atoms with Gasteiger partial charge in [-0.05, 0) is 43.9 Å². The summed E-state index contributed by atoms with van der Waals surface area (Å²) < 4.78 is 82.5. The molecule has 6 rings (SSSR count). The molecule has 170 valence electrons. The third kappa shape index (κ3) is 3.07. The van der Waals surface area contributed by atoms with Gasteiger partial charge >= 0.3 is 6.18 Å². The molecule has 3 aromatic rings. The van der Waals surface area contributed by atoms with Crippen LogP contribution in [0, 0.1) is 12.3 Å². The highest BCUT2D eigenvalue weighted by Crippen LogP contribution is 2.67. The third-order valence-electron chi connectivity index (χ3n) is 6.38. The van der Waals surface area contributed by atoms with Crippen molar-refractivity contribution in [2.24, 2.45) is 5.41 Å². The van der Waals surface area contributed by atoms with Crippen molar-refractivity contribution in [2.45, 2.75) is 42.8 Å². The minimum Gasteiger partial charge on any atom is -0.381 e. The number of alkyl halides is 4. The molecule has 3 aliphatic rings. The molecule has 3 aliphatic carbocycles. The van der Waals surface area contributed by atoms with Crippen LogP contribution in [0.2, 0.25) is 0 Å². The van der Waals surface area contributed by atoms with Gasteiger partial charge in [0.2, 0.25) is 10.0 Å². The van der Waals surface area contributed by atoms with E-state index in [1.807, 2.05) is 0 Å². The van der Waals surface area contributed by atoms with Crippen molar-refractivity contribution in [1.29, 1.82) is 0 Å². The summed E-state index contributed by atoms with van der Waals surface area (Å²) in [6.07, 6.45) is -1.21. The van der Waals surface area contributed by atoms with Gasteiger partial charge in [-0.1, -0.05) is 6.07 Å². The zero-order chi connectivity index (χ0) is 23.1. The number of benzene rings is 1. The number of halogens is 4. The largest absolute Gasteiger partial charge is 0.434 e. The number of sulfonamides is 1. The molecule has 7 nitrogen and oxygen atoms in total. The first kappa shape index (κ1) is 21.1. The average Bonchev–Trinajstić information content (AvgIpc) is 3.07. The quantitative estimate of drug-likeness (QED) is 0.557. The molecule has 1 aromatic carbocycles. The number of nitrogens with one attached hydrogen (secondary N) is 1. The van der Waals surface area contributed by atoms with Crippen LogP contribution in [-0.4, -0.2) is 35.0 Å². The molecule has 2 heterocycles. The molecule has 0 amide bonds. The first-order valence-electron chi connectivity index (χ1n) is 9.79. The van der Waals surface area contributed by atoms with Gasteiger partial charge in [-0.15, -0.1) is 0 Å². The van der Waals surface area contributed by atoms with E-state index in [1.165, 1.54) is 18.3 Å². The van der Waals surface area contributed by atoms with Crippen LogP contribution in [-0.2, 0) is 16.2 Å². The van der Waals surface area contributed by atoms with Crippen molar-refractivity contribution < 1.29 is 26.0 Å². The lowest BCUT2D eigenvalue weighted by molar-refractivity contribution is -0.152. The molecule has 0 aliphatic heterocycles. The van der Waals surface area contributed by atoms with Gasteiger partial charge < -0.3 is 5.73 Å². The molecule has 12 heteroatoms. The molecule has 0 unspecified atom stereocenters. The summed E-state index contributed by atoms with van der Waals surface area (Å²) in [7, 11) is -3.92. The molecule has 2 aromatic heterocycles. The Morgan fingerprint density at radius 1 is 1.25 bits per heavy atom. The third-order valence-corrected chi connectivity index (χ3v) is 7.95. The lowest BCUT2D eigenvalue weighted by Gasteiger charge is -2.69. The zero-order valence-electron chi connectivity index (χ0n) is 16.9. The van der Waals surface area contributed by atoms with Crippen molar-refractivity contribution in [3.05, 3.63) is 41.9 Å². The summed E-state index contributed by atoms with van der Waals surface area (Å²) in [6.45, 7) is 1.25. The lowest BCUT2D eigenvalue weighted by atomic mass is 9.40. The number of hydrogen-bond donors (Lipinski definition) is 2. The van der Waals surface area contributed by atoms with Crippen molar-refractivity contribution in [2.75, 3.05) is 12.4 Å². The number of aryl methyl sites for hydroxylation is 1. The fourth-order valence-electron chi connectivity index (χ4n) is 4.98. The van der Waals surface area contributed by atoms with Crippen molar-refractivity contribution >= 4 is 21.5 Å². The highest BCUT2D eigenvalue weighted by molar-refractivity contribution is 7.89. The van der Waals surface area contributed by atoms with E-state index in [9.17, 15) is 26.0 Å². The summed E-state index contributed by atoms with van der Waals surface area (Å²) in [6, 6.07) is 4.39. The van der Waals surface area contributed by atoms with Crippen LogP contribution >= 0.6 is 0 Å². The average molecular weight is 469 g/mol. The number of hydrogen-bond acceptors (Lipinski definition) is 5. The van der Waals surface area contributed by atoms with E-state index in [4.69, 9.17) is 5.73 Å². The van der Waals surface area contributed by atoms with E-state index in [-0.39, 0.29) is 27.5 Å². The SMILES string of the molecule is Cc1ccc(S(=O)(=O)NC23CC(CF)(C2)C3)cc1-c1cnc2c(N)nc(C(F)(F)F)cn12. The summed E-state index contributed by atoms with van der Waals surface area (Å²) in [5.41, 5.74) is 4.79. The van der Waals surface area contributed by atoms with Crippen LogP contribution in [0.15, 0.2) is 35.5 Å². The Kier molecular flexibility index (Phi) is 4.23. The van der Waals surface area contributed by atoms with E-state index in [0.717, 1.165) is 10.6 Å². The second kappa shape index (κ2) is 6.41. The normalized spacial score (nSPS) is 24.9. The highest BCUT2D eigenvalue weighted by Gasteiger charge is 2.69. The monoisotopic (exact) mass is 469 g/mol. The van der Waals surface area contributed by atoms with Gasteiger partial charge in [0.25, 0.3) is 0 Å². The van der Waals surface area contributed by atoms with Crippen molar-refractivity contribution in [1.82, 2.24) is 19.1 Å².